The summed E-state index contributed by atoms with van der Waals surface area (Å²) in [5, 5.41) is 8.98. The minimum absolute atomic E-state index is 0.0263. The summed E-state index contributed by atoms with van der Waals surface area (Å²) in [6, 6.07) is 0. The predicted octanol–water partition coefficient (Wildman–Crippen LogP) is 3.76. The fraction of sp³-hybridized carbons (Fsp3) is 1.00. The number of hydrogen-bond acceptors (Lipinski definition) is 1. The topological polar surface area (TPSA) is 20.2 Å². The van der Waals surface area contributed by atoms with E-state index in [1.54, 1.807) is 0 Å². The quantitative estimate of drug-likeness (QED) is 0.731. The van der Waals surface area contributed by atoms with Crippen molar-refractivity contribution in [1.82, 2.24) is 0 Å². The standard InChI is InChI=1S/C11H21F3O/c1-4-9(3)6-7-10(5-2,8-15)11(12,13)14/h9,15H,4-8H2,1-3H3. The van der Waals surface area contributed by atoms with E-state index in [-0.39, 0.29) is 18.8 Å². The van der Waals surface area contributed by atoms with Gasteiger partial charge in [-0.3, -0.25) is 0 Å². The Morgan fingerprint density at radius 3 is 2.00 bits per heavy atom. The van der Waals surface area contributed by atoms with Crippen LogP contribution in [0.5, 0.6) is 0 Å². The minimum atomic E-state index is -4.30. The summed E-state index contributed by atoms with van der Waals surface area (Å²) < 4.78 is 38.3. The van der Waals surface area contributed by atoms with Crippen molar-refractivity contribution < 1.29 is 18.3 Å². The maximum atomic E-state index is 12.8. The molecular formula is C11H21F3O. The summed E-state index contributed by atoms with van der Waals surface area (Å²) in [5.74, 6) is 0.282. The highest BCUT2D eigenvalue weighted by Crippen LogP contribution is 2.45. The molecule has 2 unspecified atom stereocenters. The van der Waals surface area contributed by atoms with E-state index in [9.17, 15) is 13.2 Å². The minimum Gasteiger partial charge on any atom is -0.395 e. The van der Waals surface area contributed by atoms with Crippen LogP contribution in [-0.4, -0.2) is 17.9 Å². The van der Waals surface area contributed by atoms with Crippen LogP contribution in [0.4, 0.5) is 13.2 Å². The van der Waals surface area contributed by atoms with Crippen molar-refractivity contribution in [3.8, 4) is 0 Å². The van der Waals surface area contributed by atoms with Crippen LogP contribution < -0.4 is 0 Å². The zero-order chi connectivity index (χ0) is 12.1. The SMILES string of the molecule is CCC(C)CCC(CC)(CO)C(F)(F)F. The van der Waals surface area contributed by atoms with Gasteiger partial charge in [0.05, 0.1) is 12.0 Å². The first-order valence-electron chi connectivity index (χ1n) is 5.50. The van der Waals surface area contributed by atoms with Crippen LogP contribution in [0.2, 0.25) is 0 Å². The summed E-state index contributed by atoms with van der Waals surface area (Å²) in [4.78, 5) is 0. The molecule has 15 heavy (non-hydrogen) atoms. The van der Waals surface area contributed by atoms with Gasteiger partial charge in [0.1, 0.15) is 0 Å². The molecule has 0 heterocycles. The second kappa shape index (κ2) is 5.73. The van der Waals surface area contributed by atoms with Crippen molar-refractivity contribution in [3.05, 3.63) is 0 Å². The van der Waals surface area contributed by atoms with Crippen LogP contribution in [0, 0.1) is 11.3 Å². The molecule has 0 aliphatic carbocycles. The lowest BCUT2D eigenvalue weighted by atomic mass is 9.78. The average molecular weight is 226 g/mol. The molecule has 0 radical (unpaired) electrons. The third-order valence-electron chi connectivity index (χ3n) is 3.39. The van der Waals surface area contributed by atoms with E-state index in [1.807, 2.05) is 13.8 Å². The molecule has 0 aromatic carbocycles. The molecule has 0 saturated heterocycles. The molecule has 0 amide bonds. The number of rotatable bonds is 6. The van der Waals surface area contributed by atoms with Gasteiger partial charge in [0.2, 0.25) is 0 Å². The molecular weight excluding hydrogens is 205 g/mol. The molecule has 0 fully saturated rings. The molecule has 0 spiro atoms. The highest BCUT2D eigenvalue weighted by Gasteiger charge is 2.52. The number of aliphatic hydroxyl groups excluding tert-OH is 1. The molecule has 0 aromatic rings. The summed E-state index contributed by atoms with van der Waals surface area (Å²) in [5.41, 5.74) is -1.89. The van der Waals surface area contributed by atoms with E-state index in [1.165, 1.54) is 6.92 Å². The predicted molar refractivity (Wildman–Crippen MR) is 54.6 cm³/mol. The van der Waals surface area contributed by atoms with Gasteiger partial charge >= 0.3 is 6.18 Å². The van der Waals surface area contributed by atoms with E-state index < -0.39 is 18.2 Å². The maximum absolute atomic E-state index is 12.8. The smallest absolute Gasteiger partial charge is 0.395 e. The van der Waals surface area contributed by atoms with E-state index in [2.05, 4.69) is 0 Å². The molecule has 0 aliphatic rings. The van der Waals surface area contributed by atoms with Gasteiger partial charge in [0.15, 0.2) is 0 Å². The molecule has 0 rings (SSSR count). The Morgan fingerprint density at radius 2 is 1.73 bits per heavy atom. The van der Waals surface area contributed by atoms with Crippen LogP contribution in [0.25, 0.3) is 0 Å². The summed E-state index contributed by atoms with van der Waals surface area (Å²) >= 11 is 0. The first kappa shape index (κ1) is 14.8. The van der Waals surface area contributed by atoms with Crippen molar-refractivity contribution in [2.45, 2.75) is 52.6 Å². The van der Waals surface area contributed by atoms with Gasteiger partial charge in [-0.1, -0.05) is 27.2 Å². The number of alkyl halides is 3. The summed E-state index contributed by atoms with van der Waals surface area (Å²) in [7, 11) is 0. The molecule has 0 bridgehead atoms. The van der Waals surface area contributed by atoms with Gasteiger partial charge in [-0.2, -0.15) is 13.2 Å². The second-order valence-corrected chi connectivity index (χ2v) is 4.34. The monoisotopic (exact) mass is 226 g/mol. The third kappa shape index (κ3) is 3.67. The Bertz CT molecular complexity index is 173. The largest absolute Gasteiger partial charge is 0.396 e. The van der Waals surface area contributed by atoms with E-state index in [0.29, 0.717) is 6.42 Å². The zero-order valence-electron chi connectivity index (χ0n) is 9.69. The Labute approximate surface area is 89.7 Å². The molecule has 4 heteroatoms. The Hall–Kier alpha value is -0.250. The van der Waals surface area contributed by atoms with Gasteiger partial charge in [-0.15, -0.1) is 0 Å². The first-order chi connectivity index (χ1) is 6.83. The molecule has 0 aliphatic heterocycles. The van der Waals surface area contributed by atoms with E-state index in [0.717, 1.165) is 6.42 Å². The van der Waals surface area contributed by atoms with Crippen LogP contribution in [0.3, 0.4) is 0 Å². The highest BCUT2D eigenvalue weighted by atomic mass is 19.4. The second-order valence-electron chi connectivity index (χ2n) is 4.34. The lowest BCUT2D eigenvalue weighted by Crippen LogP contribution is -2.41. The molecule has 1 nitrogen and oxygen atoms in total. The van der Waals surface area contributed by atoms with Crippen LogP contribution in [0.15, 0.2) is 0 Å². The van der Waals surface area contributed by atoms with Crippen LogP contribution >= 0.6 is 0 Å². The summed E-state index contributed by atoms with van der Waals surface area (Å²) in [6.45, 7) is 4.59. The molecule has 0 aromatic heterocycles. The molecule has 2 atom stereocenters. The Kier molecular flexibility index (Phi) is 5.63. The van der Waals surface area contributed by atoms with Crippen LogP contribution in [0.1, 0.15) is 46.5 Å². The fourth-order valence-corrected chi connectivity index (χ4v) is 1.53. The molecule has 1 N–H and O–H groups in total. The van der Waals surface area contributed by atoms with Crippen molar-refractivity contribution in [2.75, 3.05) is 6.61 Å². The first-order valence-corrected chi connectivity index (χ1v) is 5.50. The van der Waals surface area contributed by atoms with Gasteiger partial charge in [0.25, 0.3) is 0 Å². The van der Waals surface area contributed by atoms with Crippen molar-refractivity contribution >= 4 is 0 Å². The maximum Gasteiger partial charge on any atom is 0.396 e. The van der Waals surface area contributed by atoms with Gasteiger partial charge < -0.3 is 5.11 Å². The normalized spacial score (nSPS) is 18.6. The van der Waals surface area contributed by atoms with Gasteiger partial charge in [0, 0.05) is 0 Å². The third-order valence-corrected chi connectivity index (χ3v) is 3.39. The highest BCUT2D eigenvalue weighted by molar-refractivity contribution is 4.85. The zero-order valence-corrected chi connectivity index (χ0v) is 9.69. The van der Waals surface area contributed by atoms with E-state index in [4.69, 9.17) is 5.11 Å². The lowest BCUT2D eigenvalue weighted by molar-refractivity contribution is -0.240. The average Bonchev–Trinajstić information content (AvgIpc) is 2.17. The summed E-state index contributed by atoms with van der Waals surface area (Å²) in [6.07, 6.45) is -2.93. The lowest BCUT2D eigenvalue weighted by Gasteiger charge is -2.33. The van der Waals surface area contributed by atoms with Gasteiger partial charge in [-0.05, 0) is 25.2 Å². The van der Waals surface area contributed by atoms with E-state index >= 15 is 0 Å². The van der Waals surface area contributed by atoms with Crippen molar-refractivity contribution in [1.29, 1.82) is 0 Å². The van der Waals surface area contributed by atoms with Gasteiger partial charge in [-0.25, -0.2) is 0 Å². The van der Waals surface area contributed by atoms with Crippen LogP contribution in [-0.2, 0) is 0 Å². The van der Waals surface area contributed by atoms with Crippen molar-refractivity contribution in [2.24, 2.45) is 11.3 Å². The Morgan fingerprint density at radius 1 is 1.20 bits per heavy atom. The molecule has 0 saturated carbocycles. The number of halogens is 3. The number of hydrogen-bond donors (Lipinski definition) is 1. The number of aliphatic hydroxyl groups is 1. The molecule has 92 valence electrons. The van der Waals surface area contributed by atoms with Crippen molar-refractivity contribution in [3.63, 3.8) is 0 Å². The Balaban J connectivity index is 4.52. The fourth-order valence-electron chi connectivity index (χ4n) is 1.53.